The summed E-state index contributed by atoms with van der Waals surface area (Å²) in [6.45, 7) is 1.49. The first-order valence-corrected chi connectivity index (χ1v) is 5.01. The molecule has 0 radical (unpaired) electrons. The van der Waals surface area contributed by atoms with Gasteiger partial charge < -0.3 is 4.74 Å². The normalized spacial score (nSPS) is 16.6. The fraction of sp³-hybridized carbons (Fsp3) is 0.182. The van der Waals surface area contributed by atoms with Crippen LogP contribution in [0.4, 0.5) is 11.4 Å². The van der Waals surface area contributed by atoms with Crippen molar-refractivity contribution in [3.05, 3.63) is 33.4 Å². The molecule has 0 aromatic heterocycles. The van der Waals surface area contributed by atoms with Gasteiger partial charge in [0.1, 0.15) is 0 Å². The summed E-state index contributed by atoms with van der Waals surface area (Å²) in [6, 6.07) is 2.73. The number of hydrogen-bond donors (Lipinski definition) is 0. The maximum atomic E-state index is 11.4. The molecule has 7 nitrogen and oxygen atoms in total. The minimum atomic E-state index is -1.16. The zero-order valence-electron chi connectivity index (χ0n) is 9.32. The molecule has 1 aromatic carbocycles. The number of benzene rings is 1. The molecule has 2 rings (SSSR count). The van der Waals surface area contributed by atoms with Crippen molar-refractivity contribution < 1.29 is 19.2 Å². The van der Waals surface area contributed by atoms with Gasteiger partial charge in [0, 0.05) is 17.2 Å². The van der Waals surface area contributed by atoms with Crippen LogP contribution in [0.25, 0.3) is 0 Å². The number of nitro benzene ring substituents is 1. The molecule has 0 saturated heterocycles. The average Bonchev–Trinajstić information content (AvgIpc) is 2.37. The Morgan fingerprint density at radius 3 is 2.89 bits per heavy atom. The number of rotatable bonds is 3. The van der Waals surface area contributed by atoms with Crippen LogP contribution in [0.1, 0.15) is 17.2 Å². The Hall–Kier alpha value is -2.57. The molecule has 0 aliphatic carbocycles. The molecule has 92 valence electrons. The maximum absolute atomic E-state index is 11.4. The lowest BCUT2D eigenvalue weighted by molar-refractivity contribution is -0.385. The first-order valence-electron chi connectivity index (χ1n) is 5.01. The molecule has 1 aliphatic heterocycles. The summed E-state index contributed by atoms with van der Waals surface area (Å²) >= 11 is 0. The standard InChI is InChI=1S/C11H8N2O5/c1-6-8(13(16)17)3-2-7-10(6)11(9(15)4-14)18-5-12-7/h2-5,11H,1H3. The van der Waals surface area contributed by atoms with E-state index in [4.69, 9.17) is 4.74 Å². The van der Waals surface area contributed by atoms with Gasteiger partial charge >= 0.3 is 0 Å². The number of hydrogen-bond acceptors (Lipinski definition) is 6. The second kappa shape index (κ2) is 4.36. The van der Waals surface area contributed by atoms with E-state index in [0.717, 1.165) is 6.40 Å². The average molecular weight is 248 g/mol. The van der Waals surface area contributed by atoms with E-state index in [1.165, 1.54) is 19.1 Å². The van der Waals surface area contributed by atoms with Gasteiger partial charge in [0.2, 0.25) is 5.78 Å². The van der Waals surface area contributed by atoms with Crippen LogP contribution in [0.5, 0.6) is 0 Å². The van der Waals surface area contributed by atoms with E-state index >= 15 is 0 Å². The van der Waals surface area contributed by atoms with Crippen molar-refractivity contribution in [1.29, 1.82) is 0 Å². The van der Waals surface area contributed by atoms with Crippen molar-refractivity contribution in [1.82, 2.24) is 0 Å². The quantitative estimate of drug-likeness (QED) is 0.348. The van der Waals surface area contributed by atoms with Crippen molar-refractivity contribution in [3.63, 3.8) is 0 Å². The van der Waals surface area contributed by atoms with Gasteiger partial charge in [-0.1, -0.05) is 0 Å². The SMILES string of the molecule is Cc1c([N+](=O)[O-])ccc2c1C(C(=O)C=O)OC=N2. The summed E-state index contributed by atoms with van der Waals surface area (Å²) in [5.74, 6) is -0.800. The van der Waals surface area contributed by atoms with Crippen molar-refractivity contribution in [2.45, 2.75) is 13.0 Å². The number of carbonyl (C=O) groups excluding carboxylic acids is 2. The molecule has 0 bridgehead atoms. The van der Waals surface area contributed by atoms with Gasteiger partial charge in [-0.05, 0) is 13.0 Å². The van der Waals surface area contributed by atoms with E-state index in [0.29, 0.717) is 5.69 Å². The van der Waals surface area contributed by atoms with Gasteiger partial charge in [-0.15, -0.1) is 0 Å². The number of ketones is 1. The number of nitro groups is 1. The van der Waals surface area contributed by atoms with Gasteiger partial charge in [-0.3, -0.25) is 19.7 Å². The van der Waals surface area contributed by atoms with Crippen LogP contribution in [0, 0.1) is 17.0 Å². The summed E-state index contributed by atoms with van der Waals surface area (Å²) in [6.07, 6.45) is 0.0286. The summed E-state index contributed by atoms with van der Waals surface area (Å²) in [5.41, 5.74) is 0.793. The van der Waals surface area contributed by atoms with Crippen molar-refractivity contribution in [2.75, 3.05) is 0 Å². The number of ether oxygens (including phenoxy) is 1. The molecule has 0 spiro atoms. The van der Waals surface area contributed by atoms with Crippen LogP contribution < -0.4 is 0 Å². The predicted molar refractivity (Wildman–Crippen MR) is 60.9 cm³/mol. The van der Waals surface area contributed by atoms with Crippen LogP contribution in [-0.4, -0.2) is 23.4 Å². The molecular formula is C11H8N2O5. The van der Waals surface area contributed by atoms with Gasteiger partial charge in [-0.2, -0.15) is 0 Å². The van der Waals surface area contributed by atoms with Gasteiger partial charge in [0.25, 0.3) is 5.69 Å². The highest BCUT2D eigenvalue weighted by Gasteiger charge is 2.31. The fourth-order valence-electron chi connectivity index (χ4n) is 1.83. The van der Waals surface area contributed by atoms with Crippen molar-refractivity contribution >= 4 is 29.8 Å². The van der Waals surface area contributed by atoms with Gasteiger partial charge in [-0.25, -0.2) is 4.99 Å². The van der Waals surface area contributed by atoms with Crippen molar-refractivity contribution in [3.8, 4) is 0 Å². The molecule has 1 heterocycles. The van der Waals surface area contributed by atoms with Crippen molar-refractivity contribution in [2.24, 2.45) is 4.99 Å². The highest BCUT2D eigenvalue weighted by Crippen LogP contribution is 2.38. The molecule has 18 heavy (non-hydrogen) atoms. The number of carbonyl (C=O) groups is 2. The largest absolute Gasteiger partial charge is 0.467 e. The highest BCUT2D eigenvalue weighted by atomic mass is 16.6. The van der Waals surface area contributed by atoms with E-state index in [1.54, 1.807) is 0 Å². The van der Waals surface area contributed by atoms with Crippen LogP contribution in [0.3, 0.4) is 0 Å². The molecule has 1 aliphatic rings. The van der Waals surface area contributed by atoms with E-state index in [1.807, 2.05) is 0 Å². The smallest absolute Gasteiger partial charge is 0.272 e. The first kappa shape index (κ1) is 11.9. The Morgan fingerprint density at radius 1 is 1.56 bits per heavy atom. The Balaban J connectivity index is 2.64. The highest BCUT2D eigenvalue weighted by molar-refractivity contribution is 6.27. The summed E-state index contributed by atoms with van der Waals surface area (Å²) < 4.78 is 4.98. The molecular weight excluding hydrogens is 240 g/mol. The minimum Gasteiger partial charge on any atom is -0.467 e. The van der Waals surface area contributed by atoms with Gasteiger partial charge in [0.15, 0.2) is 18.8 Å². The Morgan fingerprint density at radius 2 is 2.28 bits per heavy atom. The number of nitrogens with zero attached hydrogens (tertiary/aromatic N) is 2. The monoisotopic (exact) mass is 248 g/mol. The van der Waals surface area contributed by atoms with Crippen LogP contribution in [-0.2, 0) is 14.3 Å². The minimum absolute atomic E-state index is 0.131. The Bertz CT molecular complexity index is 579. The second-order valence-corrected chi connectivity index (χ2v) is 3.67. The third-order valence-corrected chi connectivity index (χ3v) is 2.69. The van der Waals surface area contributed by atoms with Crippen LogP contribution in [0.2, 0.25) is 0 Å². The number of aldehydes is 1. The summed E-state index contributed by atoms with van der Waals surface area (Å²) in [4.78, 5) is 36.1. The maximum Gasteiger partial charge on any atom is 0.272 e. The van der Waals surface area contributed by atoms with Crippen LogP contribution >= 0.6 is 0 Å². The van der Waals surface area contributed by atoms with Gasteiger partial charge in [0.05, 0.1) is 10.6 Å². The topological polar surface area (TPSA) is 98.9 Å². The molecule has 1 aromatic rings. The zero-order valence-corrected chi connectivity index (χ0v) is 9.32. The summed E-state index contributed by atoms with van der Waals surface area (Å²) in [7, 11) is 0. The van der Waals surface area contributed by atoms with E-state index in [-0.39, 0.29) is 23.1 Å². The molecule has 7 heteroatoms. The number of fused-ring (bicyclic) bond motifs is 1. The number of aliphatic imine (C=N–C) groups is 1. The predicted octanol–water partition coefficient (Wildman–Crippen LogP) is 1.40. The van der Waals surface area contributed by atoms with E-state index in [2.05, 4.69) is 4.99 Å². The molecule has 1 unspecified atom stereocenters. The lowest BCUT2D eigenvalue weighted by Gasteiger charge is -2.20. The Kier molecular flexibility index (Phi) is 2.88. The molecule has 0 fully saturated rings. The van der Waals surface area contributed by atoms with E-state index < -0.39 is 16.8 Å². The molecule has 0 saturated carbocycles. The molecule has 0 N–H and O–H groups in total. The molecule has 1 atom stereocenters. The Labute approximate surface area is 101 Å². The fourth-order valence-corrected chi connectivity index (χ4v) is 1.83. The molecule has 0 amide bonds. The summed E-state index contributed by atoms with van der Waals surface area (Å²) in [5, 5.41) is 10.8. The third kappa shape index (κ3) is 1.75. The second-order valence-electron chi connectivity index (χ2n) is 3.67. The third-order valence-electron chi connectivity index (χ3n) is 2.69. The lowest BCUT2D eigenvalue weighted by Crippen LogP contribution is -2.20. The van der Waals surface area contributed by atoms with E-state index in [9.17, 15) is 19.7 Å². The first-order chi connectivity index (χ1) is 8.56. The van der Waals surface area contributed by atoms with Crippen LogP contribution in [0.15, 0.2) is 17.1 Å². The zero-order chi connectivity index (χ0) is 13.3. The lowest BCUT2D eigenvalue weighted by atomic mass is 9.96. The number of Topliss-reactive ketones (excluding diaryl/α,β-unsaturated/α-hetero) is 1.